The normalized spacial score (nSPS) is 21.8. The second-order valence-electron chi connectivity index (χ2n) is 5.97. The second kappa shape index (κ2) is 6.60. The number of amides is 1. The summed E-state index contributed by atoms with van der Waals surface area (Å²) in [6.07, 6.45) is 3.97. The van der Waals surface area contributed by atoms with Gasteiger partial charge in [0, 0.05) is 18.2 Å². The maximum atomic E-state index is 11.5. The van der Waals surface area contributed by atoms with Crippen LogP contribution in [0.25, 0.3) is 0 Å². The summed E-state index contributed by atoms with van der Waals surface area (Å²) in [7, 11) is 0. The average molecular weight is 342 g/mol. The molecule has 0 saturated carbocycles. The van der Waals surface area contributed by atoms with E-state index in [1.165, 1.54) is 0 Å². The Morgan fingerprint density at radius 3 is 3.00 bits per heavy atom. The number of benzene rings is 1. The molecule has 2 aromatic rings. The smallest absolute Gasteiger partial charge is 0.252 e. The van der Waals surface area contributed by atoms with Crippen LogP contribution in [-0.4, -0.2) is 36.8 Å². The number of hydrogen-bond donors (Lipinski definition) is 1. The molecule has 2 N–H and O–H groups in total. The molecule has 0 radical (unpaired) electrons. The average Bonchev–Trinajstić information content (AvgIpc) is 3.14. The molecule has 25 heavy (non-hydrogen) atoms. The molecule has 2 aliphatic heterocycles. The van der Waals surface area contributed by atoms with E-state index in [-0.39, 0.29) is 18.8 Å². The quantitative estimate of drug-likeness (QED) is 0.912. The van der Waals surface area contributed by atoms with Gasteiger partial charge in [-0.3, -0.25) is 9.78 Å². The highest BCUT2D eigenvalue weighted by Gasteiger charge is 2.27. The molecule has 2 unspecified atom stereocenters. The third kappa shape index (κ3) is 3.23. The van der Waals surface area contributed by atoms with E-state index in [1.807, 2.05) is 6.07 Å². The van der Waals surface area contributed by atoms with Crippen molar-refractivity contribution >= 4 is 5.91 Å². The highest BCUT2D eigenvalue weighted by molar-refractivity contribution is 5.96. The zero-order valence-electron chi connectivity index (χ0n) is 13.5. The van der Waals surface area contributed by atoms with Crippen LogP contribution in [0, 0.1) is 0 Å². The third-order valence-corrected chi connectivity index (χ3v) is 4.19. The van der Waals surface area contributed by atoms with Crippen LogP contribution in [0.2, 0.25) is 0 Å². The van der Waals surface area contributed by atoms with Gasteiger partial charge in [-0.05, 0) is 18.2 Å². The van der Waals surface area contributed by atoms with Gasteiger partial charge in [-0.25, -0.2) is 0 Å². The Bertz CT molecular complexity index is 789. The van der Waals surface area contributed by atoms with Gasteiger partial charge in [0.1, 0.15) is 18.5 Å². The van der Waals surface area contributed by atoms with E-state index in [0.717, 1.165) is 18.6 Å². The molecule has 7 nitrogen and oxygen atoms in total. The molecule has 0 aliphatic carbocycles. The third-order valence-electron chi connectivity index (χ3n) is 4.19. The number of carbonyl (C=O) groups excluding carboxylic acids is 1. The maximum Gasteiger partial charge on any atom is 0.252 e. The first-order chi connectivity index (χ1) is 12.2. The molecule has 130 valence electrons. The molecule has 3 heterocycles. The minimum absolute atomic E-state index is 0.0550. The number of carbonyl (C=O) groups is 1. The van der Waals surface area contributed by atoms with Crippen molar-refractivity contribution in [1.82, 2.24) is 4.98 Å². The summed E-state index contributed by atoms with van der Waals surface area (Å²) in [5, 5.41) is 0. The van der Waals surface area contributed by atoms with Gasteiger partial charge in [0.2, 0.25) is 0 Å². The lowest BCUT2D eigenvalue weighted by molar-refractivity contribution is 0.0857. The summed E-state index contributed by atoms with van der Waals surface area (Å²) in [5.41, 5.74) is 6.52. The van der Waals surface area contributed by atoms with Crippen molar-refractivity contribution in [3.05, 3.63) is 47.8 Å². The van der Waals surface area contributed by atoms with Crippen molar-refractivity contribution in [3.8, 4) is 17.2 Å². The van der Waals surface area contributed by atoms with Crippen LogP contribution in [-0.2, 0) is 4.74 Å². The number of rotatable bonds is 4. The molecule has 2 aliphatic rings. The zero-order chi connectivity index (χ0) is 17.2. The number of nitrogens with two attached hydrogens (primary N) is 1. The standard InChI is InChI=1S/C18H18N2O5/c19-18(21)14-2-1-3-15-17(14)23-10-16(25-15)11-6-13(8-20-7-11)24-12-4-5-22-9-12/h1-3,6-8,12,16H,4-5,9-10H2,(H2,19,21). The molecule has 7 heteroatoms. The lowest BCUT2D eigenvalue weighted by atomic mass is 10.1. The van der Waals surface area contributed by atoms with Gasteiger partial charge in [0.05, 0.1) is 25.0 Å². The number of para-hydroxylation sites is 1. The van der Waals surface area contributed by atoms with E-state index in [1.54, 1.807) is 30.6 Å². The Morgan fingerprint density at radius 2 is 2.20 bits per heavy atom. The van der Waals surface area contributed by atoms with E-state index in [2.05, 4.69) is 4.98 Å². The summed E-state index contributed by atoms with van der Waals surface area (Å²) in [5.74, 6) is 1.00. The lowest BCUT2D eigenvalue weighted by Crippen LogP contribution is -2.24. The van der Waals surface area contributed by atoms with Gasteiger partial charge in [-0.1, -0.05) is 6.07 Å². The van der Waals surface area contributed by atoms with Gasteiger partial charge < -0.3 is 24.7 Å². The van der Waals surface area contributed by atoms with Gasteiger partial charge in [0.25, 0.3) is 5.91 Å². The van der Waals surface area contributed by atoms with Crippen molar-refractivity contribution in [2.75, 3.05) is 19.8 Å². The molecular formula is C18H18N2O5. The first kappa shape index (κ1) is 15.7. The highest BCUT2D eigenvalue weighted by Crippen LogP contribution is 2.39. The summed E-state index contributed by atoms with van der Waals surface area (Å²) in [6.45, 7) is 1.57. The Kier molecular flexibility index (Phi) is 4.15. The van der Waals surface area contributed by atoms with Gasteiger partial charge in [-0.2, -0.15) is 0 Å². The largest absolute Gasteiger partial charge is 0.486 e. The van der Waals surface area contributed by atoms with Crippen molar-refractivity contribution in [2.24, 2.45) is 5.73 Å². The fourth-order valence-electron chi connectivity index (χ4n) is 2.94. The fourth-order valence-corrected chi connectivity index (χ4v) is 2.94. The summed E-state index contributed by atoms with van der Waals surface area (Å²) < 4.78 is 22.9. The SMILES string of the molecule is NC(=O)c1cccc2c1OCC(c1cncc(OC3CCOC3)c1)O2. The van der Waals surface area contributed by atoms with Crippen LogP contribution in [0.5, 0.6) is 17.2 Å². The van der Waals surface area contributed by atoms with E-state index < -0.39 is 5.91 Å². The maximum absolute atomic E-state index is 11.5. The predicted molar refractivity (Wildman–Crippen MR) is 87.9 cm³/mol. The summed E-state index contributed by atoms with van der Waals surface area (Å²) in [4.78, 5) is 15.7. The number of fused-ring (bicyclic) bond motifs is 1. The number of nitrogens with zero attached hydrogens (tertiary/aromatic N) is 1. The Morgan fingerprint density at radius 1 is 1.28 bits per heavy atom. The van der Waals surface area contributed by atoms with E-state index >= 15 is 0 Å². The molecule has 1 saturated heterocycles. The fraction of sp³-hybridized carbons (Fsp3) is 0.333. The summed E-state index contributed by atoms with van der Waals surface area (Å²) in [6, 6.07) is 6.97. The van der Waals surface area contributed by atoms with Gasteiger partial charge in [-0.15, -0.1) is 0 Å². The molecule has 0 spiro atoms. The minimum Gasteiger partial charge on any atom is -0.486 e. The topological polar surface area (TPSA) is 92.9 Å². The minimum atomic E-state index is -0.547. The van der Waals surface area contributed by atoms with Crippen LogP contribution >= 0.6 is 0 Å². The highest BCUT2D eigenvalue weighted by atomic mass is 16.6. The number of pyridine rings is 1. The molecule has 2 atom stereocenters. The Labute approximate surface area is 144 Å². The van der Waals surface area contributed by atoms with E-state index in [0.29, 0.717) is 29.4 Å². The number of hydrogen-bond acceptors (Lipinski definition) is 6. The van der Waals surface area contributed by atoms with E-state index in [9.17, 15) is 4.79 Å². The van der Waals surface area contributed by atoms with Crippen LogP contribution in [0.4, 0.5) is 0 Å². The first-order valence-electron chi connectivity index (χ1n) is 8.12. The van der Waals surface area contributed by atoms with E-state index in [4.69, 9.17) is 24.7 Å². The lowest BCUT2D eigenvalue weighted by Gasteiger charge is -2.27. The van der Waals surface area contributed by atoms with Crippen LogP contribution < -0.4 is 19.9 Å². The monoisotopic (exact) mass is 342 g/mol. The molecule has 1 aromatic heterocycles. The van der Waals surface area contributed by atoms with Crippen LogP contribution in [0.15, 0.2) is 36.7 Å². The summed E-state index contributed by atoms with van der Waals surface area (Å²) >= 11 is 0. The van der Waals surface area contributed by atoms with Crippen molar-refractivity contribution < 1.29 is 23.7 Å². The second-order valence-corrected chi connectivity index (χ2v) is 5.97. The van der Waals surface area contributed by atoms with Gasteiger partial charge in [0.15, 0.2) is 17.6 Å². The molecule has 1 amide bonds. The molecule has 4 rings (SSSR count). The number of aromatic nitrogens is 1. The predicted octanol–water partition coefficient (Wildman–Crippen LogP) is 1.86. The van der Waals surface area contributed by atoms with Crippen LogP contribution in [0.1, 0.15) is 28.4 Å². The number of ether oxygens (including phenoxy) is 4. The first-order valence-corrected chi connectivity index (χ1v) is 8.12. The Hall–Kier alpha value is -2.80. The Balaban J connectivity index is 1.53. The molecule has 1 aromatic carbocycles. The zero-order valence-corrected chi connectivity index (χ0v) is 13.5. The molecular weight excluding hydrogens is 324 g/mol. The molecule has 0 bridgehead atoms. The number of primary amides is 1. The van der Waals surface area contributed by atoms with Crippen LogP contribution in [0.3, 0.4) is 0 Å². The van der Waals surface area contributed by atoms with Gasteiger partial charge >= 0.3 is 0 Å². The van der Waals surface area contributed by atoms with Crippen molar-refractivity contribution in [2.45, 2.75) is 18.6 Å². The van der Waals surface area contributed by atoms with Crippen molar-refractivity contribution in [1.29, 1.82) is 0 Å². The van der Waals surface area contributed by atoms with Crippen molar-refractivity contribution in [3.63, 3.8) is 0 Å². The molecule has 1 fully saturated rings.